The van der Waals surface area contributed by atoms with E-state index >= 15 is 0 Å². The van der Waals surface area contributed by atoms with Gasteiger partial charge in [0.1, 0.15) is 12.4 Å². The first-order valence-electron chi connectivity index (χ1n) is 8.08. The van der Waals surface area contributed by atoms with Gasteiger partial charge in [-0.25, -0.2) is 4.98 Å². The molecule has 1 N–H and O–H groups in total. The van der Waals surface area contributed by atoms with E-state index in [1.807, 2.05) is 12.3 Å². The maximum atomic E-state index is 12.4. The maximum Gasteiger partial charge on any atom is 0.390 e. The van der Waals surface area contributed by atoms with Crippen LogP contribution in [0.1, 0.15) is 28.0 Å². The van der Waals surface area contributed by atoms with Gasteiger partial charge in [0.25, 0.3) is 5.91 Å². The summed E-state index contributed by atoms with van der Waals surface area (Å²) in [6.07, 6.45) is -5.03. The van der Waals surface area contributed by atoms with Crippen molar-refractivity contribution in [3.8, 4) is 5.75 Å². The molecule has 3 rings (SSSR count). The average molecular weight is 385 g/mol. The standard InChI is InChI=1S/C17H18F3N3O2S/c1-11-10-26-16(21-11)22-15(24)12-2-3-13-9-23(5-4-17(18,19)20)6-7-25-14(13)8-12/h2-3,8,10H,4-7,9H2,1H3,(H,21,22,24). The molecule has 0 spiro atoms. The molecule has 9 heteroatoms. The van der Waals surface area contributed by atoms with Crippen LogP contribution in [-0.2, 0) is 6.54 Å². The number of hydrogen-bond donors (Lipinski definition) is 1. The van der Waals surface area contributed by atoms with Crippen LogP contribution in [0, 0.1) is 6.92 Å². The monoisotopic (exact) mass is 385 g/mol. The Morgan fingerprint density at radius 3 is 2.92 bits per heavy atom. The van der Waals surface area contributed by atoms with Crippen molar-refractivity contribution in [2.45, 2.75) is 26.1 Å². The van der Waals surface area contributed by atoms with Gasteiger partial charge in [0.15, 0.2) is 5.13 Å². The van der Waals surface area contributed by atoms with Crippen LogP contribution in [-0.4, -0.2) is 41.7 Å². The summed E-state index contributed by atoms with van der Waals surface area (Å²) >= 11 is 1.34. The highest BCUT2D eigenvalue weighted by Gasteiger charge is 2.28. The molecule has 1 amide bonds. The number of thiazole rings is 1. The molecule has 0 fully saturated rings. The molecule has 0 aliphatic carbocycles. The van der Waals surface area contributed by atoms with Crippen LogP contribution in [0.3, 0.4) is 0 Å². The third-order valence-electron chi connectivity index (χ3n) is 3.94. The van der Waals surface area contributed by atoms with E-state index < -0.39 is 12.6 Å². The molecule has 26 heavy (non-hydrogen) atoms. The van der Waals surface area contributed by atoms with Crippen LogP contribution in [0.5, 0.6) is 5.75 Å². The van der Waals surface area contributed by atoms with Crippen LogP contribution in [0.2, 0.25) is 0 Å². The summed E-state index contributed by atoms with van der Waals surface area (Å²) in [4.78, 5) is 18.2. The van der Waals surface area contributed by atoms with Gasteiger partial charge >= 0.3 is 6.18 Å². The second-order valence-corrected chi connectivity index (χ2v) is 6.92. The Hall–Kier alpha value is -2.13. The highest BCUT2D eigenvalue weighted by atomic mass is 32.1. The fourth-order valence-corrected chi connectivity index (χ4v) is 3.31. The summed E-state index contributed by atoms with van der Waals surface area (Å²) < 4.78 is 42.9. The number of rotatable bonds is 4. The Morgan fingerprint density at radius 1 is 1.42 bits per heavy atom. The van der Waals surface area contributed by atoms with Gasteiger partial charge in [-0.15, -0.1) is 11.3 Å². The third-order valence-corrected chi connectivity index (χ3v) is 4.81. The molecule has 140 valence electrons. The summed E-state index contributed by atoms with van der Waals surface area (Å²) in [5.41, 5.74) is 2.01. The number of ether oxygens (including phenoxy) is 1. The van der Waals surface area contributed by atoms with Gasteiger partial charge in [0.2, 0.25) is 0 Å². The Kier molecular flexibility index (Phi) is 5.47. The van der Waals surface area contributed by atoms with E-state index in [-0.39, 0.29) is 19.1 Å². The minimum atomic E-state index is -4.17. The Bertz CT molecular complexity index is 792. The lowest BCUT2D eigenvalue weighted by Gasteiger charge is -2.20. The maximum absolute atomic E-state index is 12.4. The summed E-state index contributed by atoms with van der Waals surface area (Å²) in [6.45, 7) is 2.82. The summed E-state index contributed by atoms with van der Waals surface area (Å²) in [5.74, 6) is 0.228. The fraction of sp³-hybridized carbons (Fsp3) is 0.412. The molecule has 0 unspecified atom stereocenters. The van der Waals surface area contributed by atoms with Gasteiger partial charge in [-0.2, -0.15) is 13.2 Å². The number of nitrogens with zero attached hydrogens (tertiary/aromatic N) is 2. The highest BCUT2D eigenvalue weighted by Crippen LogP contribution is 2.27. The molecule has 2 aromatic rings. The zero-order chi connectivity index (χ0) is 18.7. The average Bonchev–Trinajstić information content (AvgIpc) is 2.86. The molecule has 1 aromatic heterocycles. The number of carbonyl (C=O) groups is 1. The minimum absolute atomic E-state index is 0.0715. The van der Waals surface area contributed by atoms with Gasteiger partial charge < -0.3 is 4.74 Å². The zero-order valence-corrected chi connectivity index (χ0v) is 14.9. The normalized spacial score (nSPS) is 15.1. The van der Waals surface area contributed by atoms with Crippen LogP contribution in [0.15, 0.2) is 23.6 Å². The number of benzene rings is 1. The van der Waals surface area contributed by atoms with E-state index in [1.165, 1.54) is 11.3 Å². The number of fused-ring (bicyclic) bond motifs is 1. The molecule has 0 saturated heterocycles. The van der Waals surface area contributed by atoms with Crippen LogP contribution >= 0.6 is 11.3 Å². The first-order valence-corrected chi connectivity index (χ1v) is 8.96. The second-order valence-electron chi connectivity index (χ2n) is 6.06. The summed E-state index contributed by atoms with van der Waals surface area (Å²) in [5, 5.41) is 5.08. The lowest BCUT2D eigenvalue weighted by molar-refractivity contribution is -0.138. The first kappa shape index (κ1) is 18.7. The van der Waals surface area contributed by atoms with Gasteiger partial charge in [-0.05, 0) is 19.1 Å². The molecule has 0 saturated carbocycles. The van der Waals surface area contributed by atoms with Crippen molar-refractivity contribution in [3.05, 3.63) is 40.4 Å². The number of alkyl halides is 3. The quantitative estimate of drug-likeness (QED) is 0.869. The predicted octanol–water partition coefficient (Wildman–Crippen LogP) is 3.85. The van der Waals surface area contributed by atoms with Gasteiger partial charge in [-0.1, -0.05) is 6.07 Å². The van der Waals surface area contributed by atoms with Crippen LogP contribution in [0.4, 0.5) is 18.3 Å². The number of hydrogen-bond acceptors (Lipinski definition) is 5. The molecule has 0 bridgehead atoms. The molecule has 0 atom stereocenters. The van der Waals surface area contributed by atoms with E-state index in [0.29, 0.717) is 29.5 Å². The van der Waals surface area contributed by atoms with Crippen molar-refractivity contribution in [2.75, 3.05) is 25.0 Å². The van der Waals surface area contributed by atoms with Crippen molar-refractivity contribution in [1.82, 2.24) is 9.88 Å². The van der Waals surface area contributed by atoms with Gasteiger partial charge in [0, 0.05) is 36.1 Å². The molecular formula is C17H18F3N3O2S. The number of aryl methyl sites for hydroxylation is 1. The van der Waals surface area contributed by atoms with Crippen LogP contribution < -0.4 is 10.1 Å². The van der Waals surface area contributed by atoms with E-state index in [2.05, 4.69) is 10.3 Å². The van der Waals surface area contributed by atoms with Crippen molar-refractivity contribution >= 4 is 22.4 Å². The largest absolute Gasteiger partial charge is 0.492 e. The summed E-state index contributed by atoms with van der Waals surface area (Å²) in [6, 6.07) is 4.99. The topological polar surface area (TPSA) is 54.5 Å². The minimum Gasteiger partial charge on any atom is -0.492 e. The SMILES string of the molecule is Cc1csc(NC(=O)c2ccc3c(c2)OCCN(CCC(F)(F)F)C3)n1. The molecular weight excluding hydrogens is 367 g/mol. The number of aromatic nitrogens is 1. The van der Waals surface area contributed by atoms with Crippen molar-refractivity contribution < 1.29 is 22.7 Å². The molecule has 1 aliphatic rings. The predicted molar refractivity (Wildman–Crippen MR) is 92.7 cm³/mol. The number of nitrogens with one attached hydrogen (secondary N) is 1. The van der Waals surface area contributed by atoms with E-state index in [4.69, 9.17) is 4.74 Å². The van der Waals surface area contributed by atoms with Crippen LogP contribution in [0.25, 0.3) is 0 Å². The molecule has 1 aromatic carbocycles. The molecule has 1 aliphatic heterocycles. The van der Waals surface area contributed by atoms with E-state index in [1.54, 1.807) is 23.1 Å². The smallest absolute Gasteiger partial charge is 0.390 e. The van der Waals surface area contributed by atoms with Gasteiger partial charge in [-0.3, -0.25) is 15.0 Å². The molecule has 0 radical (unpaired) electrons. The Labute approximate surface area is 152 Å². The Balaban J connectivity index is 1.68. The Morgan fingerprint density at radius 2 is 2.23 bits per heavy atom. The number of carbonyl (C=O) groups excluding carboxylic acids is 1. The first-order chi connectivity index (χ1) is 12.3. The molecule has 5 nitrogen and oxygen atoms in total. The second kappa shape index (κ2) is 7.63. The van der Waals surface area contributed by atoms with E-state index in [0.717, 1.165) is 11.3 Å². The fourth-order valence-electron chi connectivity index (χ4n) is 2.62. The summed E-state index contributed by atoms with van der Waals surface area (Å²) in [7, 11) is 0. The number of halogens is 3. The van der Waals surface area contributed by atoms with Crippen molar-refractivity contribution in [2.24, 2.45) is 0 Å². The lowest BCUT2D eigenvalue weighted by Crippen LogP contribution is -2.29. The van der Waals surface area contributed by atoms with Gasteiger partial charge in [0.05, 0.1) is 12.1 Å². The number of anilines is 1. The lowest BCUT2D eigenvalue weighted by atomic mass is 10.1. The third kappa shape index (κ3) is 4.95. The van der Waals surface area contributed by atoms with Crippen molar-refractivity contribution in [3.63, 3.8) is 0 Å². The van der Waals surface area contributed by atoms with E-state index in [9.17, 15) is 18.0 Å². The molecule has 2 heterocycles. The van der Waals surface area contributed by atoms with Crippen molar-refractivity contribution in [1.29, 1.82) is 0 Å². The highest BCUT2D eigenvalue weighted by molar-refractivity contribution is 7.13. The zero-order valence-electron chi connectivity index (χ0n) is 14.1. The number of amides is 1.